The molecule has 0 aromatic carbocycles. The summed E-state index contributed by atoms with van der Waals surface area (Å²) in [5.74, 6) is 0. The Morgan fingerprint density at radius 1 is 1.50 bits per heavy atom. The molecular formula is C12H19ClN2S. The SMILES string of the molecule is CN(CCC1CCCCN1)c1ccc(Cl)s1. The molecule has 1 unspecified atom stereocenters. The van der Waals surface area contributed by atoms with Gasteiger partial charge in [-0.3, -0.25) is 0 Å². The first kappa shape index (κ1) is 12.2. The van der Waals surface area contributed by atoms with E-state index < -0.39 is 0 Å². The zero-order valence-corrected chi connectivity index (χ0v) is 11.3. The Balaban J connectivity index is 1.76. The molecule has 1 atom stereocenters. The van der Waals surface area contributed by atoms with E-state index in [1.807, 2.05) is 6.07 Å². The minimum Gasteiger partial charge on any atom is -0.366 e. The standard InChI is InChI=1S/C12H19ClN2S/c1-15(12-6-5-11(13)16-12)9-7-10-4-2-3-8-14-10/h5-6,10,14H,2-4,7-9H2,1H3. The molecular weight excluding hydrogens is 240 g/mol. The third-order valence-corrected chi connectivity index (χ3v) is 4.51. The zero-order valence-electron chi connectivity index (χ0n) is 9.71. The number of anilines is 1. The lowest BCUT2D eigenvalue weighted by Crippen LogP contribution is -2.36. The number of nitrogens with zero attached hydrogens (tertiary/aromatic N) is 1. The van der Waals surface area contributed by atoms with Crippen molar-refractivity contribution in [2.45, 2.75) is 31.7 Å². The van der Waals surface area contributed by atoms with E-state index in [0.29, 0.717) is 6.04 Å². The molecule has 1 N–H and O–H groups in total. The van der Waals surface area contributed by atoms with Gasteiger partial charge >= 0.3 is 0 Å². The van der Waals surface area contributed by atoms with Gasteiger partial charge in [0.05, 0.1) is 9.34 Å². The summed E-state index contributed by atoms with van der Waals surface area (Å²) in [7, 11) is 2.14. The fourth-order valence-electron chi connectivity index (χ4n) is 2.14. The fourth-order valence-corrected chi connectivity index (χ4v) is 3.16. The molecule has 1 aromatic rings. The second kappa shape index (κ2) is 5.89. The number of halogens is 1. The summed E-state index contributed by atoms with van der Waals surface area (Å²) in [6.07, 6.45) is 5.28. The summed E-state index contributed by atoms with van der Waals surface area (Å²) in [5, 5.41) is 4.85. The summed E-state index contributed by atoms with van der Waals surface area (Å²) >= 11 is 7.59. The van der Waals surface area contributed by atoms with Crippen LogP contribution in [0.4, 0.5) is 5.00 Å². The van der Waals surface area contributed by atoms with E-state index in [0.717, 1.165) is 10.9 Å². The van der Waals surface area contributed by atoms with Crippen LogP contribution in [0.15, 0.2) is 12.1 Å². The van der Waals surface area contributed by atoms with Crippen LogP contribution in [0.2, 0.25) is 4.34 Å². The van der Waals surface area contributed by atoms with Gasteiger partial charge in [-0.05, 0) is 37.9 Å². The van der Waals surface area contributed by atoms with Crippen LogP contribution in [0.5, 0.6) is 0 Å². The van der Waals surface area contributed by atoms with Gasteiger partial charge in [-0.25, -0.2) is 0 Å². The van der Waals surface area contributed by atoms with Gasteiger partial charge in [0.2, 0.25) is 0 Å². The van der Waals surface area contributed by atoms with Crippen molar-refractivity contribution in [3.8, 4) is 0 Å². The minimum absolute atomic E-state index is 0.714. The quantitative estimate of drug-likeness (QED) is 0.891. The molecule has 90 valence electrons. The molecule has 2 rings (SSSR count). The second-order valence-corrected chi connectivity index (χ2v) is 6.13. The Bertz CT molecular complexity index is 321. The Morgan fingerprint density at radius 2 is 2.38 bits per heavy atom. The van der Waals surface area contributed by atoms with Crippen molar-refractivity contribution in [1.82, 2.24) is 5.32 Å². The first-order chi connectivity index (χ1) is 7.75. The summed E-state index contributed by atoms with van der Waals surface area (Å²) < 4.78 is 0.873. The fraction of sp³-hybridized carbons (Fsp3) is 0.667. The molecule has 0 radical (unpaired) electrons. The molecule has 4 heteroatoms. The van der Waals surface area contributed by atoms with Gasteiger partial charge in [0.25, 0.3) is 0 Å². The van der Waals surface area contributed by atoms with Crippen molar-refractivity contribution in [2.24, 2.45) is 0 Å². The molecule has 1 saturated heterocycles. The first-order valence-electron chi connectivity index (χ1n) is 5.95. The highest BCUT2D eigenvalue weighted by Gasteiger charge is 2.13. The number of hydrogen-bond donors (Lipinski definition) is 1. The largest absolute Gasteiger partial charge is 0.366 e. The highest BCUT2D eigenvalue weighted by Crippen LogP contribution is 2.28. The van der Waals surface area contributed by atoms with Crippen LogP contribution in [0, 0.1) is 0 Å². The monoisotopic (exact) mass is 258 g/mol. The number of hydrogen-bond acceptors (Lipinski definition) is 3. The topological polar surface area (TPSA) is 15.3 Å². The van der Waals surface area contributed by atoms with E-state index in [1.54, 1.807) is 11.3 Å². The van der Waals surface area contributed by atoms with Gasteiger partial charge in [-0.15, -0.1) is 11.3 Å². The Kier molecular flexibility index (Phi) is 4.50. The summed E-state index contributed by atoms with van der Waals surface area (Å²) in [6.45, 7) is 2.30. The van der Waals surface area contributed by atoms with Gasteiger partial charge in [0.15, 0.2) is 0 Å². The van der Waals surface area contributed by atoms with Crippen LogP contribution in [0.25, 0.3) is 0 Å². The van der Waals surface area contributed by atoms with Crippen LogP contribution >= 0.6 is 22.9 Å². The third kappa shape index (κ3) is 3.37. The average Bonchev–Trinajstić information content (AvgIpc) is 2.74. The maximum absolute atomic E-state index is 5.93. The third-order valence-electron chi connectivity index (χ3n) is 3.16. The van der Waals surface area contributed by atoms with Gasteiger partial charge in [-0.1, -0.05) is 18.0 Å². The van der Waals surface area contributed by atoms with E-state index in [4.69, 9.17) is 11.6 Å². The lowest BCUT2D eigenvalue weighted by Gasteiger charge is -2.26. The van der Waals surface area contributed by atoms with Crippen LogP contribution in [-0.2, 0) is 0 Å². The van der Waals surface area contributed by atoms with Gasteiger partial charge in [-0.2, -0.15) is 0 Å². The molecule has 1 aromatic heterocycles. The summed E-state index contributed by atoms with van der Waals surface area (Å²) in [4.78, 5) is 2.30. The van der Waals surface area contributed by atoms with Crippen molar-refractivity contribution >= 4 is 27.9 Å². The second-order valence-electron chi connectivity index (χ2n) is 4.43. The molecule has 2 heterocycles. The highest BCUT2D eigenvalue weighted by molar-refractivity contribution is 7.19. The van der Waals surface area contributed by atoms with E-state index in [2.05, 4.69) is 23.3 Å². The van der Waals surface area contributed by atoms with Gasteiger partial charge in [0, 0.05) is 19.6 Å². The lowest BCUT2D eigenvalue weighted by molar-refractivity contribution is 0.385. The molecule has 16 heavy (non-hydrogen) atoms. The number of nitrogens with one attached hydrogen (secondary N) is 1. The summed E-state index contributed by atoms with van der Waals surface area (Å²) in [6, 6.07) is 4.78. The van der Waals surface area contributed by atoms with Crippen LogP contribution < -0.4 is 10.2 Å². The van der Waals surface area contributed by atoms with Crippen molar-refractivity contribution in [2.75, 3.05) is 25.0 Å². The van der Waals surface area contributed by atoms with Crippen molar-refractivity contribution < 1.29 is 0 Å². The van der Waals surface area contributed by atoms with Crippen molar-refractivity contribution in [1.29, 1.82) is 0 Å². The maximum atomic E-state index is 5.93. The predicted molar refractivity (Wildman–Crippen MR) is 72.9 cm³/mol. The molecule has 0 amide bonds. The number of rotatable bonds is 4. The first-order valence-corrected chi connectivity index (χ1v) is 7.15. The van der Waals surface area contributed by atoms with Crippen molar-refractivity contribution in [3.05, 3.63) is 16.5 Å². The van der Waals surface area contributed by atoms with E-state index in [9.17, 15) is 0 Å². The molecule has 2 nitrogen and oxygen atoms in total. The number of thiophene rings is 1. The Hall–Kier alpha value is -0.250. The van der Waals surface area contributed by atoms with Crippen molar-refractivity contribution in [3.63, 3.8) is 0 Å². The molecule has 0 aliphatic carbocycles. The summed E-state index contributed by atoms with van der Waals surface area (Å²) in [5.41, 5.74) is 0. The van der Waals surface area contributed by atoms with Gasteiger partial charge in [0.1, 0.15) is 0 Å². The van der Waals surface area contributed by atoms with Gasteiger partial charge < -0.3 is 10.2 Å². The predicted octanol–water partition coefficient (Wildman–Crippen LogP) is 3.37. The van der Waals surface area contributed by atoms with Crippen LogP contribution in [0.3, 0.4) is 0 Å². The lowest BCUT2D eigenvalue weighted by atomic mass is 10.0. The molecule has 0 saturated carbocycles. The Labute approximate surface area is 107 Å². The zero-order chi connectivity index (χ0) is 11.4. The smallest absolute Gasteiger partial charge is 0.0950 e. The van der Waals surface area contributed by atoms with Crippen LogP contribution in [-0.4, -0.2) is 26.2 Å². The van der Waals surface area contributed by atoms with Crippen LogP contribution in [0.1, 0.15) is 25.7 Å². The minimum atomic E-state index is 0.714. The molecule has 1 aliphatic heterocycles. The number of piperidine rings is 1. The average molecular weight is 259 g/mol. The normalized spacial score (nSPS) is 21.0. The highest BCUT2D eigenvalue weighted by atomic mass is 35.5. The Morgan fingerprint density at radius 3 is 3.00 bits per heavy atom. The maximum Gasteiger partial charge on any atom is 0.0950 e. The van der Waals surface area contributed by atoms with E-state index in [1.165, 1.54) is 37.2 Å². The van der Waals surface area contributed by atoms with E-state index in [-0.39, 0.29) is 0 Å². The van der Waals surface area contributed by atoms with E-state index >= 15 is 0 Å². The molecule has 1 fully saturated rings. The molecule has 1 aliphatic rings. The molecule has 0 spiro atoms. The molecule has 0 bridgehead atoms.